The maximum absolute atomic E-state index is 6.15. The van der Waals surface area contributed by atoms with E-state index in [9.17, 15) is 0 Å². The normalized spacial score (nSPS) is 11.6. The molecule has 0 saturated heterocycles. The van der Waals surface area contributed by atoms with Gasteiger partial charge in [0.15, 0.2) is 0 Å². The van der Waals surface area contributed by atoms with Crippen LogP contribution in [0.1, 0.15) is 102 Å². The third kappa shape index (κ3) is 13.9. The average molecular weight is 525 g/mol. The highest BCUT2D eigenvalue weighted by Gasteiger charge is 2.10. The Kier molecular flexibility index (Phi) is 18.1. The molecule has 0 aliphatic heterocycles. The van der Waals surface area contributed by atoms with Crippen LogP contribution in [0, 0.1) is 0 Å². The van der Waals surface area contributed by atoms with E-state index in [1.54, 1.807) is 0 Å². The predicted molar refractivity (Wildman–Crippen MR) is 163 cm³/mol. The number of unbranched alkanes of at least 4 members (excludes halogenated alkanes) is 10. The van der Waals surface area contributed by atoms with Crippen LogP contribution in [0.4, 0.5) is 0 Å². The quantitative estimate of drug-likeness (QED) is 0.107. The van der Waals surface area contributed by atoms with Crippen LogP contribution in [0.2, 0.25) is 0 Å². The van der Waals surface area contributed by atoms with Gasteiger partial charge in [-0.25, -0.2) is 0 Å². The molecule has 0 bridgehead atoms. The molecule has 0 atom stereocenters. The van der Waals surface area contributed by atoms with Crippen LogP contribution >= 0.6 is 0 Å². The monoisotopic (exact) mass is 524 g/mol. The molecule has 214 valence electrons. The zero-order valence-corrected chi connectivity index (χ0v) is 25.1. The van der Waals surface area contributed by atoms with Gasteiger partial charge in [-0.2, -0.15) is 0 Å². The van der Waals surface area contributed by atoms with Crippen molar-refractivity contribution < 1.29 is 9.47 Å². The largest absolute Gasteiger partial charge is 0.361 e. The summed E-state index contributed by atoms with van der Waals surface area (Å²) in [6.45, 7) is 9.31. The first-order valence-electron chi connectivity index (χ1n) is 15.3. The highest BCUT2D eigenvalue weighted by atomic mass is 16.5. The summed E-state index contributed by atoms with van der Waals surface area (Å²) >= 11 is 0. The Morgan fingerprint density at radius 3 is 1.29 bits per heavy atom. The molecule has 0 radical (unpaired) electrons. The van der Waals surface area contributed by atoms with E-state index in [0.717, 1.165) is 13.1 Å². The van der Waals surface area contributed by atoms with Gasteiger partial charge in [0.2, 0.25) is 0 Å². The maximum atomic E-state index is 6.15. The Morgan fingerprint density at radius 1 is 0.500 bits per heavy atom. The Labute approximate surface area is 234 Å². The van der Waals surface area contributed by atoms with E-state index in [-0.39, 0.29) is 0 Å². The van der Waals surface area contributed by atoms with Crippen LogP contribution in [0.5, 0.6) is 0 Å². The molecule has 0 aromatic heterocycles. The molecule has 0 fully saturated rings. The Balaban J connectivity index is 1.79. The highest BCUT2D eigenvalue weighted by Crippen LogP contribution is 2.28. The number of benzene rings is 2. The maximum Gasteiger partial charge on any atom is 0.0992 e. The van der Waals surface area contributed by atoms with E-state index in [1.807, 2.05) is 0 Å². The van der Waals surface area contributed by atoms with Crippen molar-refractivity contribution in [3.05, 3.63) is 59.7 Å². The van der Waals surface area contributed by atoms with Gasteiger partial charge in [0, 0.05) is 0 Å². The molecule has 0 saturated carbocycles. The van der Waals surface area contributed by atoms with Crippen molar-refractivity contribution in [2.45, 2.75) is 104 Å². The Hall–Kier alpha value is -1.72. The Bertz CT molecular complexity index is 771. The van der Waals surface area contributed by atoms with Gasteiger partial charge in [0.25, 0.3) is 0 Å². The highest BCUT2D eigenvalue weighted by molar-refractivity contribution is 5.70. The first-order chi connectivity index (χ1) is 18.7. The van der Waals surface area contributed by atoms with Crippen LogP contribution < -0.4 is 0 Å². The number of hydrogen-bond acceptors (Lipinski definition) is 4. The zero-order chi connectivity index (χ0) is 27.3. The first kappa shape index (κ1) is 32.5. The molecule has 0 unspecified atom stereocenters. The summed E-state index contributed by atoms with van der Waals surface area (Å²) in [5, 5.41) is 0. The second-order valence-corrected chi connectivity index (χ2v) is 11.0. The van der Waals surface area contributed by atoms with Gasteiger partial charge < -0.3 is 9.47 Å². The third-order valence-corrected chi connectivity index (χ3v) is 7.25. The van der Waals surface area contributed by atoms with E-state index >= 15 is 0 Å². The Morgan fingerprint density at radius 2 is 0.868 bits per heavy atom. The fourth-order valence-electron chi connectivity index (χ4n) is 4.89. The molecule has 4 nitrogen and oxygen atoms in total. The van der Waals surface area contributed by atoms with Crippen molar-refractivity contribution in [2.24, 2.45) is 0 Å². The molecule has 0 N–H and O–H groups in total. The lowest BCUT2D eigenvalue weighted by Gasteiger charge is -2.19. The van der Waals surface area contributed by atoms with Crippen molar-refractivity contribution in [3.8, 4) is 11.1 Å². The summed E-state index contributed by atoms with van der Waals surface area (Å²) in [5.41, 5.74) is 4.94. The predicted octanol–water partition coefficient (Wildman–Crippen LogP) is 8.89. The average Bonchev–Trinajstić information content (AvgIpc) is 2.93. The van der Waals surface area contributed by atoms with Crippen LogP contribution in [-0.4, -0.2) is 50.4 Å². The number of rotatable bonds is 23. The van der Waals surface area contributed by atoms with E-state index in [2.05, 4.69) is 86.3 Å². The van der Waals surface area contributed by atoms with Crippen LogP contribution in [0.3, 0.4) is 0 Å². The molecule has 4 heteroatoms. The molecule has 38 heavy (non-hydrogen) atoms. The summed E-state index contributed by atoms with van der Waals surface area (Å²) in [6.07, 6.45) is 15.9. The summed E-state index contributed by atoms with van der Waals surface area (Å²) in [7, 11) is 4.32. The first-order valence-corrected chi connectivity index (χ1v) is 15.3. The number of nitrogens with zero attached hydrogens (tertiary/aromatic N) is 2. The number of ether oxygens (including phenoxy) is 2. The number of hydrogen-bond donors (Lipinski definition) is 0. The van der Waals surface area contributed by atoms with Crippen LogP contribution in [-0.2, 0) is 22.7 Å². The molecular weight excluding hydrogens is 468 g/mol. The molecule has 0 aliphatic carbocycles. The van der Waals surface area contributed by atoms with Crippen LogP contribution in [0.25, 0.3) is 11.1 Å². The van der Waals surface area contributed by atoms with Crippen molar-refractivity contribution in [1.29, 1.82) is 0 Å². The van der Waals surface area contributed by atoms with Gasteiger partial charge >= 0.3 is 0 Å². The smallest absolute Gasteiger partial charge is 0.0992 e. The third-order valence-electron chi connectivity index (χ3n) is 7.25. The SMILES string of the molecule is CCCCCCCCN(C)COCc1ccccc1-c1ccccc1COCN(C)CCCCCCCC. The van der Waals surface area contributed by atoms with Crippen molar-refractivity contribution in [2.75, 3.05) is 40.6 Å². The van der Waals surface area contributed by atoms with Gasteiger partial charge in [-0.1, -0.05) is 127 Å². The summed E-state index contributed by atoms with van der Waals surface area (Å²) in [5.74, 6) is 0. The van der Waals surface area contributed by atoms with E-state index in [4.69, 9.17) is 9.47 Å². The second-order valence-electron chi connectivity index (χ2n) is 11.0. The molecule has 2 aromatic carbocycles. The van der Waals surface area contributed by atoms with Gasteiger partial charge in [-0.05, 0) is 62.3 Å². The lowest BCUT2D eigenvalue weighted by atomic mass is 9.96. The summed E-state index contributed by atoms with van der Waals surface area (Å²) in [6, 6.07) is 17.3. The van der Waals surface area contributed by atoms with Crippen molar-refractivity contribution in [1.82, 2.24) is 9.80 Å². The molecule has 0 spiro atoms. The zero-order valence-electron chi connectivity index (χ0n) is 25.1. The van der Waals surface area contributed by atoms with Gasteiger partial charge in [0.1, 0.15) is 0 Å². The van der Waals surface area contributed by atoms with E-state index < -0.39 is 0 Å². The lowest BCUT2D eigenvalue weighted by molar-refractivity contribution is 0.0311. The molecule has 0 aliphatic rings. The fourth-order valence-corrected chi connectivity index (χ4v) is 4.89. The van der Waals surface area contributed by atoms with Gasteiger partial charge in [-0.15, -0.1) is 0 Å². The standard InChI is InChI=1S/C34H56N2O2/c1-5-7-9-11-13-19-25-35(3)29-37-27-31-21-15-17-23-33(31)34-24-18-16-22-32(34)28-38-30-36(4)26-20-14-12-10-8-6-2/h15-18,21-24H,5-14,19-20,25-30H2,1-4H3. The molecule has 2 aromatic rings. The van der Waals surface area contributed by atoms with E-state index in [0.29, 0.717) is 26.7 Å². The van der Waals surface area contributed by atoms with Crippen molar-refractivity contribution in [3.63, 3.8) is 0 Å². The summed E-state index contributed by atoms with van der Waals surface area (Å²) in [4.78, 5) is 4.60. The summed E-state index contributed by atoms with van der Waals surface area (Å²) < 4.78 is 12.3. The second kappa shape index (κ2) is 21.1. The lowest BCUT2D eigenvalue weighted by Crippen LogP contribution is -2.23. The molecule has 2 rings (SSSR count). The molecule has 0 amide bonds. The minimum atomic E-state index is 0.618. The fraction of sp³-hybridized carbons (Fsp3) is 0.647. The molecular formula is C34H56N2O2. The van der Waals surface area contributed by atoms with Crippen LogP contribution in [0.15, 0.2) is 48.5 Å². The van der Waals surface area contributed by atoms with Crippen molar-refractivity contribution >= 4 is 0 Å². The van der Waals surface area contributed by atoms with Gasteiger partial charge in [0.05, 0.1) is 26.7 Å². The minimum absolute atomic E-state index is 0.618. The van der Waals surface area contributed by atoms with E-state index in [1.165, 1.54) is 99.3 Å². The minimum Gasteiger partial charge on any atom is -0.361 e. The topological polar surface area (TPSA) is 24.9 Å². The van der Waals surface area contributed by atoms with Gasteiger partial charge in [-0.3, -0.25) is 9.80 Å². The molecule has 0 heterocycles.